The van der Waals surface area contributed by atoms with Crippen molar-refractivity contribution in [2.75, 3.05) is 0 Å². The van der Waals surface area contributed by atoms with Gasteiger partial charge in [0.1, 0.15) is 0 Å². The van der Waals surface area contributed by atoms with Gasteiger partial charge in [-0.15, -0.1) is 0 Å². The van der Waals surface area contributed by atoms with Gasteiger partial charge in [-0.2, -0.15) is 5.10 Å². The van der Waals surface area contributed by atoms with Crippen LogP contribution in [0.15, 0.2) is 23.3 Å². The van der Waals surface area contributed by atoms with E-state index in [9.17, 15) is 15.2 Å². The first-order valence-corrected chi connectivity index (χ1v) is 6.78. The number of nitrogens with zero attached hydrogens (tertiary/aromatic N) is 3. The Morgan fingerprint density at radius 1 is 1.40 bits per heavy atom. The lowest BCUT2D eigenvalue weighted by Crippen LogP contribution is -2.39. The molecule has 2 atom stereocenters. The molecule has 20 heavy (non-hydrogen) atoms. The fraction of sp³-hybridized carbons (Fsp3) is 0.500. The summed E-state index contributed by atoms with van der Waals surface area (Å²) in [6, 6.07) is 5.02. The number of phenolic OH excluding ortho intramolecular Hbond substituents is 1. The Balaban J connectivity index is 2.18. The third-order valence-electron chi connectivity index (χ3n) is 3.68. The second-order valence-electron chi connectivity index (χ2n) is 5.26. The highest BCUT2D eigenvalue weighted by atomic mass is 16.6. The number of nitro benzene ring substituents is 1. The van der Waals surface area contributed by atoms with Gasteiger partial charge in [0.05, 0.1) is 11.1 Å². The molecule has 1 aromatic carbocycles. The number of rotatable bonds is 3. The van der Waals surface area contributed by atoms with Gasteiger partial charge in [0.25, 0.3) is 0 Å². The number of benzene rings is 1. The lowest BCUT2D eigenvalue weighted by atomic mass is 10.00. The summed E-state index contributed by atoms with van der Waals surface area (Å²) in [7, 11) is 0. The van der Waals surface area contributed by atoms with Crippen molar-refractivity contribution in [3.8, 4) is 5.75 Å². The third kappa shape index (κ3) is 3.07. The van der Waals surface area contributed by atoms with E-state index in [1.165, 1.54) is 18.6 Å². The molecule has 6 heteroatoms. The van der Waals surface area contributed by atoms with Crippen molar-refractivity contribution in [2.45, 2.75) is 45.2 Å². The summed E-state index contributed by atoms with van der Waals surface area (Å²) in [6.07, 6.45) is 5.04. The Kier molecular flexibility index (Phi) is 4.22. The third-order valence-corrected chi connectivity index (χ3v) is 3.68. The van der Waals surface area contributed by atoms with Crippen LogP contribution in [0, 0.1) is 10.1 Å². The van der Waals surface area contributed by atoms with Crippen molar-refractivity contribution in [3.05, 3.63) is 33.9 Å². The summed E-state index contributed by atoms with van der Waals surface area (Å²) >= 11 is 0. The normalized spacial score (nSPS) is 23.2. The fourth-order valence-corrected chi connectivity index (χ4v) is 2.54. The molecule has 1 heterocycles. The van der Waals surface area contributed by atoms with Gasteiger partial charge in [-0.3, -0.25) is 15.1 Å². The molecule has 0 aliphatic carbocycles. The molecule has 0 unspecified atom stereocenters. The van der Waals surface area contributed by atoms with E-state index in [4.69, 9.17) is 0 Å². The molecule has 0 aromatic heterocycles. The first kappa shape index (κ1) is 14.3. The maximum atomic E-state index is 10.8. The second kappa shape index (κ2) is 5.90. The Bertz CT molecular complexity index is 520. The quantitative estimate of drug-likeness (QED) is 0.523. The van der Waals surface area contributed by atoms with Crippen molar-refractivity contribution in [1.29, 1.82) is 0 Å². The topological polar surface area (TPSA) is 79.0 Å². The molecule has 0 spiro atoms. The van der Waals surface area contributed by atoms with E-state index in [0.717, 1.165) is 12.8 Å². The van der Waals surface area contributed by atoms with Crippen molar-refractivity contribution >= 4 is 11.9 Å². The van der Waals surface area contributed by atoms with Crippen LogP contribution in [0.2, 0.25) is 0 Å². The second-order valence-corrected chi connectivity index (χ2v) is 5.26. The Morgan fingerprint density at radius 2 is 2.05 bits per heavy atom. The summed E-state index contributed by atoms with van der Waals surface area (Å²) in [5.41, 5.74) is 0.313. The maximum Gasteiger partial charge on any atom is 0.311 e. The molecule has 1 aliphatic heterocycles. The summed E-state index contributed by atoms with van der Waals surface area (Å²) in [6.45, 7) is 4.26. The van der Waals surface area contributed by atoms with Gasteiger partial charge in [0.2, 0.25) is 0 Å². The number of phenols is 1. The molecule has 2 rings (SSSR count). The van der Waals surface area contributed by atoms with Gasteiger partial charge in [0, 0.05) is 23.7 Å². The van der Waals surface area contributed by atoms with Crippen LogP contribution in [0.5, 0.6) is 5.75 Å². The summed E-state index contributed by atoms with van der Waals surface area (Å²) in [5, 5.41) is 26.7. The van der Waals surface area contributed by atoms with E-state index in [-0.39, 0.29) is 11.4 Å². The first-order valence-electron chi connectivity index (χ1n) is 6.78. The SMILES string of the molecule is C[C@@H]1CCC[C@H](C)N1/N=C/c1ccc(O)c([N+](=O)[O-])c1. The number of hydrogen-bond acceptors (Lipinski definition) is 5. The molecule has 1 aliphatic rings. The van der Waals surface area contributed by atoms with E-state index in [2.05, 4.69) is 18.9 Å². The summed E-state index contributed by atoms with van der Waals surface area (Å²) in [5.74, 6) is -0.327. The van der Waals surface area contributed by atoms with Crippen LogP contribution < -0.4 is 0 Å². The molecule has 0 radical (unpaired) electrons. The van der Waals surface area contributed by atoms with E-state index in [1.807, 2.05) is 5.01 Å². The van der Waals surface area contributed by atoms with Crippen molar-refractivity contribution in [3.63, 3.8) is 0 Å². The summed E-state index contributed by atoms with van der Waals surface area (Å²) < 4.78 is 0. The molecule has 6 nitrogen and oxygen atoms in total. The minimum atomic E-state index is -0.598. The molecular weight excluding hydrogens is 258 g/mol. The molecular formula is C14H19N3O3. The highest BCUT2D eigenvalue weighted by molar-refractivity contribution is 5.81. The molecule has 1 saturated heterocycles. The molecule has 0 bridgehead atoms. The summed E-state index contributed by atoms with van der Waals surface area (Å²) in [4.78, 5) is 10.2. The number of nitro groups is 1. The van der Waals surface area contributed by atoms with E-state index < -0.39 is 4.92 Å². The van der Waals surface area contributed by atoms with Crippen molar-refractivity contribution in [1.82, 2.24) is 5.01 Å². The van der Waals surface area contributed by atoms with Crippen LogP contribution in [-0.4, -0.2) is 33.3 Å². The van der Waals surface area contributed by atoms with Crippen LogP contribution in [0.1, 0.15) is 38.7 Å². The molecule has 108 valence electrons. The van der Waals surface area contributed by atoms with Gasteiger partial charge in [-0.1, -0.05) is 0 Å². The van der Waals surface area contributed by atoms with Crippen LogP contribution in [0.4, 0.5) is 5.69 Å². The van der Waals surface area contributed by atoms with E-state index >= 15 is 0 Å². The van der Waals surface area contributed by atoms with Crippen LogP contribution >= 0.6 is 0 Å². The Morgan fingerprint density at radius 3 is 2.65 bits per heavy atom. The van der Waals surface area contributed by atoms with Crippen LogP contribution in [-0.2, 0) is 0 Å². The van der Waals surface area contributed by atoms with E-state index in [1.54, 1.807) is 12.3 Å². The zero-order valence-corrected chi connectivity index (χ0v) is 11.7. The van der Waals surface area contributed by atoms with Crippen molar-refractivity contribution < 1.29 is 10.0 Å². The fourth-order valence-electron chi connectivity index (χ4n) is 2.54. The van der Waals surface area contributed by atoms with Gasteiger partial charge < -0.3 is 5.11 Å². The lowest BCUT2D eigenvalue weighted by Gasteiger charge is -2.36. The Labute approximate surface area is 117 Å². The molecule has 1 fully saturated rings. The molecule has 0 saturated carbocycles. The van der Waals surface area contributed by atoms with Gasteiger partial charge in [-0.05, 0) is 45.2 Å². The van der Waals surface area contributed by atoms with E-state index in [0.29, 0.717) is 17.6 Å². The number of aromatic hydroxyl groups is 1. The van der Waals surface area contributed by atoms with Crippen molar-refractivity contribution in [2.24, 2.45) is 5.10 Å². The predicted molar refractivity (Wildman–Crippen MR) is 77.0 cm³/mol. The average molecular weight is 277 g/mol. The van der Waals surface area contributed by atoms with Crippen LogP contribution in [0.3, 0.4) is 0 Å². The number of hydrogen-bond donors (Lipinski definition) is 1. The first-order chi connectivity index (χ1) is 9.49. The average Bonchev–Trinajstić information content (AvgIpc) is 2.39. The monoisotopic (exact) mass is 277 g/mol. The molecule has 1 aromatic rings. The minimum absolute atomic E-state index is 0.298. The zero-order valence-electron chi connectivity index (χ0n) is 11.7. The largest absolute Gasteiger partial charge is 0.502 e. The maximum absolute atomic E-state index is 10.8. The number of hydrazone groups is 1. The lowest BCUT2D eigenvalue weighted by molar-refractivity contribution is -0.385. The molecule has 0 amide bonds. The van der Waals surface area contributed by atoms with Gasteiger partial charge in [-0.25, -0.2) is 0 Å². The van der Waals surface area contributed by atoms with Gasteiger partial charge >= 0.3 is 5.69 Å². The standard InChI is InChI=1S/C14H19N3O3/c1-10-4-3-5-11(2)16(10)15-9-12-6-7-14(18)13(8-12)17(19)20/h6-11,18H,3-5H2,1-2H3/b15-9+/t10-,11+. The highest BCUT2D eigenvalue weighted by Gasteiger charge is 2.22. The Hall–Kier alpha value is -2.11. The van der Waals surface area contributed by atoms with Crippen LogP contribution in [0.25, 0.3) is 0 Å². The highest BCUT2D eigenvalue weighted by Crippen LogP contribution is 2.26. The van der Waals surface area contributed by atoms with Gasteiger partial charge in [0.15, 0.2) is 5.75 Å². The number of piperidine rings is 1. The smallest absolute Gasteiger partial charge is 0.311 e. The predicted octanol–water partition coefficient (Wildman–Crippen LogP) is 2.90. The minimum Gasteiger partial charge on any atom is -0.502 e. The molecule has 1 N–H and O–H groups in total. The zero-order chi connectivity index (χ0) is 14.7.